The van der Waals surface area contributed by atoms with Crippen LogP contribution < -0.4 is 15.4 Å². The van der Waals surface area contributed by atoms with Crippen LogP contribution in [0, 0.1) is 0 Å². The normalized spacial score (nSPS) is 12.3. The predicted molar refractivity (Wildman–Crippen MR) is 139 cm³/mol. The topological polar surface area (TPSA) is 68.5 Å². The Labute approximate surface area is 204 Å². The van der Waals surface area contributed by atoms with Crippen LogP contribution in [-0.2, 0) is 0 Å². The van der Waals surface area contributed by atoms with E-state index in [1.165, 1.54) is 11.3 Å². The molecule has 3 aromatic carbocycles. The summed E-state index contributed by atoms with van der Waals surface area (Å²) >= 11 is 3.00. The second kappa shape index (κ2) is 8.20. The van der Waals surface area contributed by atoms with Crippen molar-refractivity contribution in [3.8, 4) is 17.0 Å². The fraction of sp³-hybridized carbons (Fsp3) is 0.0370. The summed E-state index contributed by atoms with van der Waals surface area (Å²) in [7, 11) is 1.64. The van der Waals surface area contributed by atoms with Gasteiger partial charge in [-0.1, -0.05) is 36.0 Å². The largest absolute Gasteiger partial charge is 0.497 e. The summed E-state index contributed by atoms with van der Waals surface area (Å²) < 4.78 is 5.25. The number of hydrogen-bond acceptors (Lipinski definition) is 6. The number of fused-ring (bicyclic) bond motifs is 3. The number of ether oxygens (including phenoxy) is 1. The highest BCUT2D eigenvalue weighted by atomic mass is 32.2. The van der Waals surface area contributed by atoms with Gasteiger partial charge in [-0.3, -0.25) is 9.69 Å². The summed E-state index contributed by atoms with van der Waals surface area (Å²) in [5.41, 5.74) is 10.5. The van der Waals surface area contributed by atoms with Gasteiger partial charge < -0.3 is 10.5 Å². The van der Waals surface area contributed by atoms with E-state index in [1.54, 1.807) is 23.8 Å². The maximum absolute atomic E-state index is 13.9. The molecule has 0 atom stereocenters. The van der Waals surface area contributed by atoms with Crippen LogP contribution in [0.25, 0.3) is 21.5 Å². The summed E-state index contributed by atoms with van der Waals surface area (Å²) in [6.45, 7) is 0. The van der Waals surface area contributed by atoms with E-state index in [4.69, 9.17) is 15.5 Å². The molecule has 1 aliphatic heterocycles. The molecule has 5 aromatic rings. The third kappa shape index (κ3) is 3.32. The number of rotatable bonds is 3. The van der Waals surface area contributed by atoms with E-state index in [0.717, 1.165) is 48.4 Å². The molecule has 2 aromatic heterocycles. The zero-order valence-electron chi connectivity index (χ0n) is 18.2. The van der Waals surface area contributed by atoms with E-state index in [9.17, 15) is 4.79 Å². The van der Waals surface area contributed by atoms with E-state index >= 15 is 0 Å². The highest BCUT2D eigenvalue weighted by molar-refractivity contribution is 7.99. The molecule has 6 rings (SSSR count). The molecule has 0 saturated heterocycles. The zero-order valence-corrected chi connectivity index (χ0v) is 19.8. The number of nitrogens with zero attached hydrogens (tertiary/aromatic N) is 2. The first-order valence-electron chi connectivity index (χ1n) is 10.7. The van der Waals surface area contributed by atoms with Crippen LogP contribution in [0.1, 0.15) is 9.67 Å². The van der Waals surface area contributed by atoms with Gasteiger partial charge in [0.15, 0.2) is 0 Å². The molecule has 2 N–H and O–H groups in total. The average molecular weight is 482 g/mol. The number of amides is 1. The number of aromatic nitrogens is 1. The summed E-state index contributed by atoms with van der Waals surface area (Å²) in [5, 5.41) is 0.790. The van der Waals surface area contributed by atoms with Gasteiger partial charge in [0.2, 0.25) is 0 Å². The van der Waals surface area contributed by atoms with Crippen LogP contribution in [0.15, 0.2) is 94.7 Å². The van der Waals surface area contributed by atoms with Gasteiger partial charge in [-0.2, -0.15) is 0 Å². The second-order valence-electron chi connectivity index (χ2n) is 7.80. The van der Waals surface area contributed by atoms with Crippen molar-refractivity contribution in [3.05, 3.63) is 89.8 Å². The van der Waals surface area contributed by atoms with Crippen LogP contribution in [0.2, 0.25) is 0 Å². The van der Waals surface area contributed by atoms with Crippen molar-refractivity contribution in [1.29, 1.82) is 0 Å². The summed E-state index contributed by atoms with van der Waals surface area (Å²) in [5.74, 6) is 0.644. The Balaban J connectivity index is 1.45. The number of benzene rings is 3. The first kappa shape index (κ1) is 20.8. The van der Waals surface area contributed by atoms with Crippen LogP contribution in [0.3, 0.4) is 0 Å². The molecule has 3 heterocycles. The monoisotopic (exact) mass is 481 g/mol. The number of pyridine rings is 1. The molecule has 34 heavy (non-hydrogen) atoms. The number of hydrogen-bond donors (Lipinski definition) is 1. The molecular formula is C27H19N3O2S2. The Morgan fingerprint density at radius 1 is 0.882 bits per heavy atom. The highest BCUT2D eigenvalue weighted by Crippen LogP contribution is 2.49. The van der Waals surface area contributed by atoms with Gasteiger partial charge in [0.05, 0.1) is 29.9 Å². The second-order valence-corrected chi connectivity index (χ2v) is 9.88. The van der Waals surface area contributed by atoms with Gasteiger partial charge in [-0.15, -0.1) is 11.3 Å². The molecule has 0 spiro atoms. The SMILES string of the molecule is COc1ccc(-c2ccc3c(N)c(C(=O)N4c5ccccc5Sc5ccccc54)sc3n2)cc1. The number of anilines is 3. The molecule has 0 bridgehead atoms. The number of nitrogens with two attached hydrogens (primary N) is 1. The molecule has 5 nitrogen and oxygen atoms in total. The number of thiophene rings is 1. The molecule has 0 aliphatic carbocycles. The first-order valence-corrected chi connectivity index (χ1v) is 12.3. The Morgan fingerprint density at radius 3 is 2.18 bits per heavy atom. The number of para-hydroxylation sites is 2. The van der Waals surface area contributed by atoms with Crippen LogP contribution in [0.5, 0.6) is 5.75 Å². The van der Waals surface area contributed by atoms with Gasteiger partial charge in [-0.25, -0.2) is 4.98 Å². The lowest BCUT2D eigenvalue weighted by atomic mass is 10.1. The molecule has 7 heteroatoms. The standard InChI is InChI=1S/C27H19N3O2S2/c1-32-17-12-10-16(11-13-17)19-15-14-18-24(28)25(34-26(18)29-19)27(31)30-20-6-2-4-8-22(20)33-23-9-5-3-7-21(23)30/h2-15H,28H2,1H3. The Morgan fingerprint density at radius 2 is 1.53 bits per heavy atom. The third-order valence-corrected chi connectivity index (χ3v) is 8.04. The number of carbonyl (C=O) groups is 1. The molecule has 0 radical (unpaired) electrons. The van der Waals surface area contributed by atoms with Crippen molar-refractivity contribution in [2.24, 2.45) is 0 Å². The number of carbonyl (C=O) groups excluding carboxylic acids is 1. The van der Waals surface area contributed by atoms with Crippen molar-refractivity contribution in [3.63, 3.8) is 0 Å². The minimum Gasteiger partial charge on any atom is -0.497 e. The van der Waals surface area contributed by atoms with Crippen LogP contribution >= 0.6 is 23.1 Å². The van der Waals surface area contributed by atoms with Gasteiger partial charge in [0.25, 0.3) is 5.91 Å². The summed E-state index contributed by atoms with van der Waals surface area (Å²) in [6.07, 6.45) is 0. The van der Waals surface area contributed by atoms with E-state index in [2.05, 4.69) is 0 Å². The lowest BCUT2D eigenvalue weighted by Gasteiger charge is -2.30. The Bertz CT molecular complexity index is 1520. The van der Waals surface area contributed by atoms with Crippen molar-refractivity contribution >= 4 is 56.3 Å². The first-order chi connectivity index (χ1) is 16.6. The summed E-state index contributed by atoms with van der Waals surface area (Å²) in [6, 6.07) is 27.5. The van der Waals surface area contributed by atoms with Gasteiger partial charge >= 0.3 is 0 Å². The quantitative estimate of drug-likeness (QED) is 0.301. The predicted octanol–water partition coefficient (Wildman–Crippen LogP) is 7.00. The number of methoxy groups -OCH3 is 1. The zero-order chi connectivity index (χ0) is 23.2. The average Bonchev–Trinajstić information content (AvgIpc) is 3.22. The fourth-order valence-electron chi connectivity index (χ4n) is 4.10. The summed E-state index contributed by atoms with van der Waals surface area (Å²) in [4.78, 5) is 23.8. The maximum Gasteiger partial charge on any atom is 0.275 e. The Kier molecular flexibility index (Phi) is 5.01. The molecular weight excluding hydrogens is 462 g/mol. The van der Waals surface area contributed by atoms with Gasteiger partial charge in [0.1, 0.15) is 15.5 Å². The van der Waals surface area contributed by atoms with Crippen molar-refractivity contribution in [1.82, 2.24) is 4.98 Å². The van der Waals surface area contributed by atoms with Crippen LogP contribution in [0.4, 0.5) is 17.1 Å². The van der Waals surface area contributed by atoms with Gasteiger partial charge in [-0.05, 0) is 60.7 Å². The molecule has 1 amide bonds. The fourth-order valence-corrected chi connectivity index (χ4v) is 6.19. The molecule has 0 unspecified atom stereocenters. The van der Waals surface area contributed by atoms with E-state index in [-0.39, 0.29) is 5.91 Å². The van der Waals surface area contributed by atoms with Gasteiger partial charge in [0, 0.05) is 20.7 Å². The minimum absolute atomic E-state index is 0.147. The molecule has 166 valence electrons. The van der Waals surface area contributed by atoms with E-state index in [0.29, 0.717) is 10.6 Å². The van der Waals surface area contributed by atoms with E-state index < -0.39 is 0 Å². The van der Waals surface area contributed by atoms with E-state index in [1.807, 2.05) is 84.9 Å². The number of nitrogen functional groups attached to an aromatic ring is 1. The third-order valence-electron chi connectivity index (χ3n) is 5.81. The Hall–Kier alpha value is -3.81. The minimum atomic E-state index is -0.147. The smallest absolute Gasteiger partial charge is 0.275 e. The lowest BCUT2D eigenvalue weighted by molar-refractivity contribution is 0.100. The highest BCUT2D eigenvalue weighted by Gasteiger charge is 2.31. The van der Waals surface area contributed by atoms with Crippen LogP contribution in [-0.4, -0.2) is 18.0 Å². The van der Waals surface area contributed by atoms with Crippen molar-refractivity contribution in [2.75, 3.05) is 17.7 Å². The molecule has 0 fully saturated rings. The molecule has 0 saturated carbocycles. The van der Waals surface area contributed by atoms with Crippen molar-refractivity contribution in [2.45, 2.75) is 9.79 Å². The van der Waals surface area contributed by atoms with Crippen molar-refractivity contribution < 1.29 is 9.53 Å². The molecule has 1 aliphatic rings. The maximum atomic E-state index is 13.9. The lowest BCUT2D eigenvalue weighted by Crippen LogP contribution is -2.28.